The minimum absolute atomic E-state index is 0.0516. The zero-order valence-electron chi connectivity index (χ0n) is 12.2. The third-order valence-corrected chi connectivity index (χ3v) is 2.57. The van der Waals surface area contributed by atoms with Crippen molar-refractivity contribution < 1.29 is 28.4 Å². The molecule has 0 saturated carbocycles. The monoisotopic (exact) mass is 298 g/mol. The van der Waals surface area contributed by atoms with Gasteiger partial charge in [-0.25, -0.2) is 9.59 Å². The second-order valence-corrected chi connectivity index (χ2v) is 4.18. The van der Waals surface area contributed by atoms with Crippen LogP contribution in [0.2, 0.25) is 0 Å². The van der Waals surface area contributed by atoms with Gasteiger partial charge in [0, 0.05) is 13.0 Å². The average molecular weight is 298 g/mol. The van der Waals surface area contributed by atoms with E-state index in [1.165, 1.54) is 19.2 Å². The number of ether oxygens (including phenoxy) is 2. The molecule has 1 aromatic rings. The van der Waals surface area contributed by atoms with Crippen LogP contribution in [0.4, 0.5) is 0 Å². The highest BCUT2D eigenvalue weighted by Gasteiger charge is 2.51. The molecule has 0 unspecified atom stereocenters. The molecule has 0 fully saturated rings. The molecule has 0 aliphatic rings. The molecule has 21 heavy (non-hydrogen) atoms. The zero-order valence-corrected chi connectivity index (χ0v) is 12.2. The second-order valence-electron chi connectivity index (χ2n) is 4.18. The molecule has 0 atom stereocenters. The Labute approximate surface area is 121 Å². The summed E-state index contributed by atoms with van der Waals surface area (Å²) in [6, 6.07) is 1.48. The lowest BCUT2D eigenvalue weighted by Crippen LogP contribution is -2.62. The van der Waals surface area contributed by atoms with Crippen LogP contribution in [0.1, 0.15) is 26.5 Å². The van der Waals surface area contributed by atoms with Gasteiger partial charge in [0.25, 0.3) is 0 Å². The van der Waals surface area contributed by atoms with E-state index in [2.05, 4.69) is 10.5 Å². The van der Waals surface area contributed by atoms with Gasteiger partial charge in [0.05, 0.1) is 25.8 Å². The van der Waals surface area contributed by atoms with Gasteiger partial charge in [-0.1, -0.05) is 5.16 Å². The van der Waals surface area contributed by atoms with Gasteiger partial charge in [-0.05, 0) is 13.8 Å². The topological polar surface area (TPSA) is 108 Å². The Morgan fingerprint density at radius 3 is 2.19 bits per heavy atom. The fourth-order valence-corrected chi connectivity index (χ4v) is 1.78. The highest BCUT2D eigenvalue weighted by atomic mass is 16.6. The summed E-state index contributed by atoms with van der Waals surface area (Å²) in [6.07, 6.45) is 1.12. The molecule has 0 aromatic carbocycles. The van der Waals surface area contributed by atoms with E-state index < -0.39 is 23.4 Å². The quantitative estimate of drug-likeness (QED) is 0.566. The third-order valence-electron chi connectivity index (χ3n) is 2.57. The molecule has 1 heterocycles. The number of rotatable bonds is 7. The molecule has 0 aliphatic carbocycles. The van der Waals surface area contributed by atoms with E-state index in [9.17, 15) is 14.4 Å². The SMILES string of the molecule is CCOC(=O)C(Cc1ccno1)(NC(C)=O)C(=O)OCC. The molecular weight excluding hydrogens is 280 g/mol. The average Bonchev–Trinajstić information content (AvgIpc) is 2.90. The molecule has 0 aliphatic heterocycles. The summed E-state index contributed by atoms with van der Waals surface area (Å²) in [6.45, 7) is 4.48. The Morgan fingerprint density at radius 1 is 1.24 bits per heavy atom. The van der Waals surface area contributed by atoms with Crippen molar-refractivity contribution in [1.29, 1.82) is 0 Å². The first-order valence-corrected chi connectivity index (χ1v) is 6.49. The van der Waals surface area contributed by atoms with Crippen LogP contribution < -0.4 is 5.32 Å². The lowest BCUT2D eigenvalue weighted by Gasteiger charge is -2.28. The summed E-state index contributed by atoms with van der Waals surface area (Å²) >= 11 is 0. The number of hydrogen-bond donors (Lipinski definition) is 1. The van der Waals surface area contributed by atoms with Gasteiger partial charge in [-0.15, -0.1) is 0 Å². The molecule has 1 rings (SSSR count). The van der Waals surface area contributed by atoms with Crippen LogP contribution in [0.3, 0.4) is 0 Å². The normalized spacial score (nSPS) is 10.8. The number of aromatic nitrogens is 1. The van der Waals surface area contributed by atoms with Crippen molar-refractivity contribution >= 4 is 17.8 Å². The first-order chi connectivity index (χ1) is 9.96. The first-order valence-electron chi connectivity index (χ1n) is 6.49. The molecular formula is C13H18N2O6. The number of hydrogen-bond acceptors (Lipinski definition) is 7. The molecule has 1 N–H and O–H groups in total. The molecule has 0 saturated heterocycles. The zero-order chi connectivity index (χ0) is 15.9. The van der Waals surface area contributed by atoms with E-state index in [1.807, 2.05) is 0 Å². The minimum atomic E-state index is -1.99. The number of carbonyl (C=O) groups is 3. The standard InChI is InChI=1S/C13H18N2O6/c1-4-19-11(17)13(15-9(3)16,12(18)20-5-2)8-10-6-7-14-21-10/h6-7H,4-5,8H2,1-3H3,(H,15,16). The van der Waals surface area contributed by atoms with Crippen LogP contribution in [0.5, 0.6) is 0 Å². The summed E-state index contributed by atoms with van der Waals surface area (Å²) in [5.74, 6) is -2.15. The Hall–Kier alpha value is -2.38. The Kier molecular flexibility index (Phi) is 5.89. The van der Waals surface area contributed by atoms with Gasteiger partial charge in [0.1, 0.15) is 5.76 Å². The molecule has 116 valence electrons. The van der Waals surface area contributed by atoms with Crippen molar-refractivity contribution in [3.8, 4) is 0 Å². The van der Waals surface area contributed by atoms with Gasteiger partial charge >= 0.3 is 11.9 Å². The largest absolute Gasteiger partial charge is 0.464 e. The van der Waals surface area contributed by atoms with Crippen LogP contribution in [0.25, 0.3) is 0 Å². The predicted octanol–water partition coefficient (Wildman–Crippen LogP) is 0.218. The van der Waals surface area contributed by atoms with E-state index in [-0.39, 0.29) is 25.4 Å². The van der Waals surface area contributed by atoms with E-state index >= 15 is 0 Å². The molecule has 1 amide bonds. The van der Waals surface area contributed by atoms with Crippen molar-refractivity contribution in [1.82, 2.24) is 10.5 Å². The van der Waals surface area contributed by atoms with Gasteiger partial charge in [-0.2, -0.15) is 0 Å². The number of nitrogens with zero attached hydrogens (tertiary/aromatic N) is 1. The predicted molar refractivity (Wildman–Crippen MR) is 70.0 cm³/mol. The molecule has 8 heteroatoms. The maximum Gasteiger partial charge on any atom is 0.344 e. The number of carbonyl (C=O) groups excluding carboxylic acids is 3. The summed E-state index contributed by atoms with van der Waals surface area (Å²) < 4.78 is 14.7. The highest BCUT2D eigenvalue weighted by Crippen LogP contribution is 2.18. The number of amides is 1. The van der Waals surface area contributed by atoms with Crippen molar-refractivity contribution in [2.75, 3.05) is 13.2 Å². The van der Waals surface area contributed by atoms with Gasteiger partial charge in [0.2, 0.25) is 11.4 Å². The van der Waals surface area contributed by atoms with Crippen molar-refractivity contribution in [3.63, 3.8) is 0 Å². The molecule has 0 bridgehead atoms. The number of esters is 2. The number of nitrogens with one attached hydrogen (secondary N) is 1. The Balaban J connectivity index is 3.21. The molecule has 0 radical (unpaired) electrons. The van der Waals surface area contributed by atoms with Crippen molar-refractivity contribution in [2.24, 2.45) is 0 Å². The van der Waals surface area contributed by atoms with Crippen LogP contribution in [0.15, 0.2) is 16.8 Å². The lowest BCUT2D eigenvalue weighted by atomic mass is 9.93. The van der Waals surface area contributed by atoms with Crippen LogP contribution in [-0.4, -0.2) is 41.8 Å². The lowest BCUT2D eigenvalue weighted by molar-refractivity contribution is -0.168. The molecule has 8 nitrogen and oxygen atoms in total. The summed E-state index contributed by atoms with van der Waals surface area (Å²) in [7, 11) is 0. The van der Waals surface area contributed by atoms with E-state index in [0.717, 1.165) is 0 Å². The summed E-state index contributed by atoms with van der Waals surface area (Å²) in [5, 5.41) is 5.83. The Bertz CT molecular complexity index is 479. The van der Waals surface area contributed by atoms with Crippen molar-refractivity contribution in [3.05, 3.63) is 18.0 Å². The maximum absolute atomic E-state index is 12.2. The van der Waals surface area contributed by atoms with E-state index in [0.29, 0.717) is 0 Å². The van der Waals surface area contributed by atoms with Crippen LogP contribution >= 0.6 is 0 Å². The summed E-state index contributed by atoms with van der Waals surface area (Å²) in [4.78, 5) is 35.9. The first kappa shape index (κ1) is 16.7. The van der Waals surface area contributed by atoms with Gasteiger partial charge in [0.15, 0.2) is 0 Å². The van der Waals surface area contributed by atoms with Crippen LogP contribution in [0, 0.1) is 0 Å². The second kappa shape index (κ2) is 7.41. The fourth-order valence-electron chi connectivity index (χ4n) is 1.78. The third kappa shape index (κ3) is 4.04. The van der Waals surface area contributed by atoms with E-state index in [4.69, 9.17) is 14.0 Å². The fraction of sp³-hybridized carbons (Fsp3) is 0.538. The molecule has 1 aromatic heterocycles. The van der Waals surface area contributed by atoms with Crippen molar-refractivity contribution in [2.45, 2.75) is 32.7 Å². The van der Waals surface area contributed by atoms with Gasteiger partial charge in [-0.3, -0.25) is 4.79 Å². The minimum Gasteiger partial charge on any atom is -0.464 e. The highest BCUT2D eigenvalue weighted by molar-refractivity contribution is 6.07. The molecule has 0 spiro atoms. The van der Waals surface area contributed by atoms with Crippen LogP contribution in [-0.2, 0) is 30.3 Å². The summed E-state index contributed by atoms with van der Waals surface area (Å²) in [5.41, 5.74) is -1.99. The van der Waals surface area contributed by atoms with Gasteiger partial charge < -0.3 is 19.3 Å². The Morgan fingerprint density at radius 2 is 1.81 bits per heavy atom. The smallest absolute Gasteiger partial charge is 0.344 e. The van der Waals surface area contributed by atoms with E-state index in [1.54, 1.807) is 13.8 Å². The maximum atomic E-state index is 12.2.